The number of carboxylic acids is 1. The quantitative estimate of drug-likeness (QED) is 0.567. The van der Waals surface area contributed by atoms with Crippen molar-refractivity contribution < 1.29 is 27.5 Å². The van der Waals surface area contributed by atoms with E-state index in [0.29, 0.717) is 34.2 Å². The lowest BCUT2D eigenvalue weighted by Gasteiger charge is -2.12. The van der Waals surface area contributed by atoms with E-state index >= 15 is 0 Å². The Kier molecular flexibility index (Phi) is 4.75. The van der Waals surface area contributed by atoms with E-state index in [-0.39, 0.29) is 10.6 Å². The number of aliphatic carboxylic acids is 1. The highest BCUT2D eigenvalue weighted by Crippen LogP contribution is 2.40. The van der Waals surface area contributed by atoms with Gasteiger partial charge in [-0.25, -0.2) is 18.2 Å². The fourth-order valence-corrected chi connectivity index (χ4v) is 4.15. The molecule has 1 heterocycles. The number of carboxylic acid groups (broad SMARTS) is 1. The molecule has 0 aliphatic heterocycles. The van der Waals surface area contributed by atoms with Crippen molar-refractivity contribution in [3.05, 3.63) is 53.9 Å². The largest absolute Gasteiger partial charge is 0.495 e. The summed E-state index contributed by atoms with van der Waals surface area (Å²) in [6.07, 6.45) is 4.35. The maximum atomic E-state index is 13.0. The number of hydrogen-bond donors (Lipinski definition) is 2. The SMILES string of the molecule is COc1ccc(C=CC(=O)O)cc1S(=O)(=O)Nc1ccc2oc(C3CC3)nc2c1. The number of ether oxygens (including phenoxy) is 1. The van der Waals surface area contributed by atoms with Gasteiger partial charge in [0.1, 0.15) is 16.2 Å². The van der Waals surface area contributed by atoms with Crippen molar-refractivity contribution in [3.8, 4) is 5.75 Å². The molecule has 0 radical (unpaired) electrons. The second-order valence-electron chi connectivity index (χ2n) is 6.70. The van der Waals surface area contributed by atoms with E-state index in [0.717, 1.165) is 18.9 Å². The molecule has 29 heavy (non-hydrogen) atoms. The Hall–Kier alpha value is -3.33. The second-order valence-corrected chi connectivity index (χ2v) is 8.35. The van der Waals surface area contributed by atoms with Gasteiger partial charge >= 0.3 is 5.97 Å². The molecule has 0 bridgehead atoms. The number of nitrogens with one attached hydrogen (secondary N) is 1. The summed E-state index contributed by atoms with van der Waals surface area (Å²) < 4.78 is 39.3. The van der Waals surface area contributed by atoms with E-state index in [4.69, 9.17) is 14.3 Å². The van der Waals surface area contributed by atoms with Crippen LogP contribution in [0.4, 0.5) is 5.69 Å². The van der Waals surface area contributed by atoms with Crippen molar-refractivity contribution in [1.29, 1.82) is 0 Å². The summed E-state index contributed by atoms with van der Waals surface area (Å²) in [6.45, 7) is 0. The van der Waals surface area contributed by atoms with Gasteiger partial charge in [-0.3, -0.25) is 4.72 Å². The van der Waals surface area contributed by atoms with E-state index in [2.05, 4.69) is 9.71 Å². The summed E-state index contributed by atoms with van der Waals surface area (Å²) in [5.74, 6) is 0.0475. The third kappa shape index (κ3) is 4.09. The van der Waals surface area contributed by atoms with Gasteiger partial charge < -0.3 is 14.3 Å². The summed E-state index contributed by atoms with van der Waals surface area (Å²) in [7, 11) is -2.63. The van der Waals surface area contributed by atoms with Crippen LogP contribution >= 0.6 is 0 Å². The van der Waals surface area contributed by atoms with Gasteiger partial charge in [0.15, 0.2) is 11.5 Å². The molecule has 0 spiro atoms. The minimum atomic E-state index is -4.00. The van der Waals surface area contributed by atoms with E-state index in [1.807, 2.05) is 0 Å². The van der Waals surface area contributed by atoms with Crippen LogP contribution < -0.4 is 9.46 Å². The van der Waals surface area contributed by atoms with E-state index < -0.39 is 16.0 Å². The molecular weight excluding hydrogens is 396 g/mol. The van der Waals surface area contributed by atoms with Crippen LogP contribution in [-0.2, 0) is 14.8 Å². The molecule has 2 aromatic carbocycles. The number of benzene rings is 2. The van der Waals surface area contributed by atoms with Crippen LogP contribution in [0, 0.1) is 0 Å². The molecule has 0 atom stereocenters. The van der Waals surface area contributed by atoms with Gasteiger partial charge in [0, 0.05) is 12.0 Å². The predicted molar refractivity (Wildman–Crippen MR) is 106 cm³/mol. The van der Waals surface area contributed by atoms with Gasteiger partial charge in [-0.1, -0.05) is 6.07 Å². The molecule has 3 aromatic rings. The molecule has 8 nitrogen and oxygen atoms in total. The number of hydrogen-bond acceptors (Lipinski definition) is 6. The van der Waals surface area contributed by atoms with E-state index in [9.17, 15) is 13.2 Å². The summed E-state index contributed by atoms with van der Waals surface area (Å²) in [6, 6.07) is 9.28. The van der Waals surface area contributed by atoms with Crippen LogP contribution in [0.3, 0.4) is 0 Å². The number of nitrogens with zero attached hydrogens (tertiary/aromatic N) is 1. The first-order valence-corrected chi connectivity index (χ1v) is 10.4. The lowest BCUT2D eigenvalue weighted by Crippen LogP contribution is -2.14. The molecule has 1 aliphatic carbocycles. The second kappa shape index (κ2) is 7.25. The van der Waals surface area contributed by atoms with Gasteiger partial charge in [0.05, 0.1) is 12.8 Å². The fourth-order valence-electron chi connectivity index (χ4n) is 2.90. The Morgan fingerprint density at radius 2 is 2.07 bits per heavy atom. The minimum Gasteiger partial charge on any atom is -0.495 e. The molecule has 1 aliphatic rings. The first kappa shape index (κ1) is 19.0. The van der Waals surface area contributed by atoms with Gasteiger partial charge in [-0.05, 0) is 54.8 Å². The minimum absolute atomic E-state index is 0.105. The molecule has 4 rings (SSSR count). The van der Waals surface area contributed by atoms with E-state index in [1.54, 1.807) is 24.3 Å². The predicted octanol–water partition coefficient (Wildman–Crippen LogP) is 3.61. The lowest BCUT2D eigenvalue weighted by atomic mass is 10.2. The number of aromatic nitrogens is 1. The molecule has 0 unspecified atom stereocenters. The summed E-state index contributed by atoms with van der Waals surface area (Å²) in [4.78, 5) is 15.0. The number of fused-ring (bicyclic) bond motifs is 1. The number of anilines is 1. The van der Waals surface area contributed by atoms with Gasteiger partial charge in [0.25, 0.3) is 10.0 Å². The molecule has 1 saturated carbocycles. The molecule has 0 amide bonds. The summed E-state index contributed by atoms with van der Waals surface area (Å²) in [5.41, 5.74) is 1.93. The fraction of sp³-hybridized carbons (Fsp3) is 0.200. The zero-order valence-electron chi connectivity index (χ0n) is 15.5. The van der Waals surface area contributed by atoms with Crippen LogP contribution in [0.1, 0.15) is 30.2 Å². The number of methoxy groups -OCH3 is 1. The monoisotopic (exact) mass is 414 g/mol. The van der Waals surface area contributed by atoms with Crippen molar-refractivity contribution >= 4 is 38.9 Å². The summed E-state index contributed by atoms with van der Waals surface area (Å²) >= 11 is 0. The summed E-state index contributed by atoms with van der Waals surface area (Å²) in [5, 5.41) is 8.77. The first-order valence-electron chi connectivity index (χ1n) is 8.88. The highest BCUT2D eigenvalue weighted by molar-refractivity contribution is 7.92. The maximum absolute atomic E-state index is 13.0. The number of carbonyl (C=O) groups is 1. The van der Waals surface area contributed by atoms with Crippen LogP contribution in [0.5, 0.6) is 5.75 Å². The van der Waals surface area contributed by atoms with Gasteiger partial charge in [-0.15, -0.1) is 0 Å². The molecular formula is C20H18N2O6S. The Balaban J connectivity index is 1.66. The van der Waals surface area contributed by atoms with Gasteiger partial charge in [-0.2, -0.15) is 0 Å². The normalized spacial score (nSPS) is 14.4. The number of rotatable bonds is 7. The Labute approximate surface area is 166 Å². The molecule has 2 N–H and O–H groups in total. The highest BCUT2D eigenvalue weighted by atomic mass is 32.2. The topological polar surface area (TPSA) is 119 Å². The zero-order valence-corrected chi connectivity index (χ0v) is 16.3. The molecule has 150 valence electrons. The first-order chi connectivity index (χ1) is 13.9. The number of sulfonamides is 1. The Morgan fingerprint density at radius 3 is 2.76 bits per heavy atom. The molecule has 9 heteroatoms. The molecule has 1 aromatic heterocycles. The van der Waals surface area contributed by atoms with Crippen LogP contribution in [0.15, 0.2) is 51.8 Å². The van der Waals surface area contributed by atoms with Crippen molar-refractivity contribution in [3.63, 3.8) is 0 Å². The average molecular weight is 414 g/mol. The average Bonchev–Trinajstić information content (AvgIpc) is 3.45. The van der Waals surface area contributed by atoms with Crippen LogP contribution in [0.25, 0.3) is 17.2 Å². The standard InChI is InChI=1S/C20H18N2O6S/c1-27-17-7-2-12(3-9-19(23)24)10-18(17)29(25,26)22-14-6-8-16-15(11-14)21-20(28-16)13-4-5-13/h2-3,6-11,13,22H,4-5H2,1H3,(H,23,24). The van der Waals surface area contributed by atoms with Crippen molar-refractivity contribution in [2.45, 2.75) is 23.7 Å². The van der Waals surface area contributed by atoms with Gasteiger partial charge in [0.2, 0.25) is 0 Å². The van der Waals surface area contributed by atoms with Crippen molar-refractivity contribution in [1.82, 2.24) is 4.98 Å². The third-order valence-corrected chi connectivity index (χ3v) is 5.88. The Morgan fingerprint density at radius 1 is 1.28 bits per heavy atom. The number of oxazole rings is 1. The zero-order chi connectivity index (χ0) is 20.6. The smallest absolute Gasteiger partial charge is 0.328 e. The van der Waals surface area contributed by atoms with Crippen molar-refractivity contribution in [2.24, 2.45) is 0 Å². The van der Waals surface area contributed by atoms with Crippen LogP contribution in [0.2, 0.25) is 0 Å². The van der Waals surface area contributed by atoms with E-state index in [1.165, 1.54) is 25.3 Å². The molecule has 0 saturated heterocycles. The lowest BCUT2D eigenvalue weighted by molar-refractivity contribution is -0.131. The third-order valence-electron chi connectivity index (χ3n) is 4.48. The van der Waals surface area contributed by atoms with Crippen LogP contribution in [-0.4, -0.2) is 31.6 Å². The maximum Gasteiger partial charge on any atom is 0.328 e. The molecule has 1 fully saturated rings. The Bertz CT molecular complexity index is 1220. The highest BCUT2D eigenvalue weighted by Gasteiger charge is 2.29. The van der Waals surface area contributed by atoms with Crippen molar-refractivity contribution in [2.75, 3.05) is 11.8 Å².